The van der Waals surface area contributed by atoms with Gasteiger partial charge < -0.3 is 29.7 Å². The van der Waals surface area contributed by atoms with Gasteiger partial charge in [0.1, 0.15) is 5.82 Å². The number of aromatic amines is 1. The number of anilines is 2. The maximum atomic E-state index is 6.62. The summed E-state index contributed by atoms with van der Waals surface area (Å²) >= 11 is 0. The molecule has 10 nitrogen and oxygen atoms in total. The molecule has 0 amide bonds. The number of nitrogens with one attached hydrogen (secondary N) is 1. The molecule has 2 aliphatic rings. The number of nitrogens with zero attached hydrogens (tertiary/aromatic N) is 5. The number of methoxy groups -OCH3 is 2. The van der Waals surface area contributed by atoms with E-state index in [1.165, 1.54) is 25.9 Å². The second kappa shape index (κ2) is 11.5. The molecular formula is C27H39N7O3. The van der Waals surface area contributed by atoms with Gasteiger partial charge in [-0.05, 0) is 57.7 Å². The zero-order chi connectivity index (χ0) is 25.8. The number of rotatable bonds is 10. The summed E-state index contributed by atoms with van der Waals surface area (Å²) < 4.78 is 17.8. The SMILES string of the molecule is CCc1cc(-c2c(OC)c(OCCCN3CCCC3)cc3nc(N4CCC(OC)CC4)nc(N)c23)n[nH]1. The maximum absolute atomic E-state index is 6.62. The number of benzene rings is 1. The Morgan fingerprint density at radius 2 is 1.86 bits per heavy atom. The van der Waals surface area contributed by atoms with E-state index in [0.29, 0.717) is 29.9 Å². The van der Waals surface area contributed by atoms with Crippen LogP contribution in [0.3, 0.4) is 0 Å². The van der Waals surface area contributed by atoms with Gasteiger partial charge in [-0.2, -0.15) is 10.1 Å². The number of aryl methyl sites for hydroxylation is 1. The van der Waals surface area contributed by atoms with Gasteiger partial charge in [0, 0.05) is 38.5 Å². The number of nitrogens with two attached hydrogens (primary N) is 1. The Bertz CT molecular complexity index is 1200. The molecule has 5 rings (SSSR count). The summed E-state index contributed by atoms with van der Waals surface area (Å²) in [5.41, 5.74) is 9.87. The zero-order valence-corrected chi connectivity index (χ0v) is 22.3. The molecule has 0 radical (unpaired) electrons. The lowest BCUT2D eigenvalue weighted by Crippen LogP contribution is -2.37. The van der Waals surface area contributed by atoms with Crippen molar-refractivity contribution in [1.82, 2.24) is 25.1 Å². The Labute approximate surface area is 218 Å². The van der Waals surface area contributed by atoms with Crippen LogP contribution in [0.2, 0.25) is 0 Å². The molecule has 0 spiro atoms. The van der Waals surface area contributed by atoms with Gasteiger partial charge in [-0.25, -0.2) is 4.98 Å². The van der Waals surface area contributed by atoms with Crippen LogP contribution < -0.4 is 20.1 Å². The fourth-order valence-electron chi connectivity index (χ4n) is 5.41. The zero-order valence-electron chi connectivity index (χ0n) is 22.3. The molecule has 2 aliphatic heterocycles. The molecular weight excluding hydrogens is 470 g/mol. The number of ether oxygens (including phenoxy) is 3. The average molecular weight is 510 g/mol. The molecule has 200 valence electrons. The largest absolute Gasteiger partial charge is 0.492 e. The van der Waals surface area contributed by atoms with Crippen LogP contribution in [-0.4, -0.2) is 84.7 Å². The number of piperidine rings is 1. The molecule has 1 aromatic carbocycles. The summed E-state index contributed by atoms with van der Waals surface area (Å²) in [6.45, 7) is 7.74. The molecule has 0 unspecified atom stereocenters. The summed E-state index contributed by atoms with van der Waals surface area (Å²) in [6.07, 6.45) is 6.52. The van der Waals surface area contributed by atoms with Crippen molar-refractivity contribution < 1.29 is 14.2 Å². The molecule has 10 heteroatoms. The first-order valence-corrected chi connectivity index (χ1v) is 13.5. The van der Waals surface area contributed by atoms with Gasteiger partial charge in [0.05, 0.1) is 42.0 Å². The third-order valence-electron chi connectivity index (χ3n) is 7.53. The molecule has 0 aliphatic carbocycles. The predicted octanol–water partition coefficient (Wildman–Crippen LogP) is 3.65. The first kappa shape index (κ1) is 25.5. The summed E-state index contributed by atoms with van der Waals surface area (Å²) in [4.78, 5) is 14.4. The summed E-state index contributed by atoms with van der Waals surface area (Å²) in [7, 11) is 3.42. The lowest BCUT2D eigenvalue weighted by molar-refractivity contribution is 0.0817. The monoisotopic (exact) mass is 509 g/mol. The van der Waals surface area contributed by atoms with Crippen molar-refractivity contribution >= 4 is 22.7 Å². The Morgan fingerprint density at radius 1 is 1.08 bits per heavy atom. The van der Waals surface area contributed by atoms with Gasteiger partial charge in [-0.3, -0.25) is 5.10 Å². The maximum Gasteiger partial charge on any atom is 0.227 e. The van der Waals surface area contributed by atoms with Gasteiger partial charge in [0.15, 0.2) is 11.5 Å². The van der Waals surface area contributed by atoms with E-state index in [4.69, 9.17) is 29.9 Å². The molecule has 0 atom stereocenters. The van der Waals surface area contributed by atoms with Crippen LogP contribution in [0, 0.1) is 0 Å². The van der Waals surface area contributed by atoms with Crippen LogP contribution in [0.5, 0.6) is 11.5 Å². The number of nitrogen functional groups attached to an aromatic ring is 1. The summed E-state index contributed by atoms with van der Waals surface area (Å²) in [5, 5.41) is 8.41. The molecule has 2 fully saturated rings. The van der Waals surface area contributed by atoms with Gasteiger partial charge in [0.25, 0.3) is 0 Å². The van der Waals surface area contributed by atoms with Crippen molar-refractivity contribution in [3.8, 4) is 22.8 Å². The number of fused-ring (bicyclic) bond motifs is 1. The van der Waals surface area contributed by atoms with Crippen LogP contribution in [0.1, 0.15) is 44.7 Å². The summed E-state index contributed by atoms with van der Waals surface area (Å²) in [6, 6.07) is 3.96. The molecule has 2 aromatic heterocycles. The molecule has 4 heterocycles. The van der Waals surface area contributed by atoms with Crippen LogP contribution >= 0.6 is 0 Å². The van der Waals surface area contributed by atoms with Crippen molar-refractivity contribution in [3.63, 3.8) is 0 Å². The van der Waals surface area contributed by atoms with E-state index in [1.807, 2.05) is 12.1 Å². The lowest BCUT2D eigenvalue weighted by Gasteiger charge is -2.31. The van der Waals surface area contributed by atoms with Crippen LogP contribution in [0.4, 0.5) is 11.8 Å². The predicted molar refractivity (Wildman–Crippen MR) is 145 cm³/mol. The quantitative estimate of drug-likeness (QED) is 0.395. The highest BCUT2D eigenvalue weighted by Gasteiger charge is 2.26. The number of hydrogen-bond donors (Lipinski definition) is 2. The van der Waals surface area contributed by atoms with Crippen molar-refractivity contribution in [2.24, 2.45) is 0 Å². The van der Waals surface area contributed by atoms with E-state index >= 15 is 0 Å². The highest BCUT2D eigenvalue weighted by atomic mass is 16.5. The Balaban J connectivity index is 1.51. The number of likely N-dealkylation sites (tertiary alicyclic amines) is 1. The van der Waals surface area contributed by atoms with Crippen LogP contribution in [-0.2, 0) is 11.2 Å². The third kappa shape index (κ3) is 5.45. The highest BCUT2D eigenvalue weighted by molar-refractivity contribution is 6.05. The van der Waals surface area contributed by atoms with E-state index in [0.717, 1.165) is 73.2 Å². The minimum absolute atomic E-state index is 0.276. The minimum Gasteiger partial charge on any atom is -0.492 e. The Kier molecular flexibility index (Phi) is 7.95. The highest BCUT2D eigenvalue weighted by Crippen LogP contribution is 2.45. The Hall–Kier alpha value is -3.11. The first-order valence-electron chi connectivity index (χ1n) is 13.5. The molecule has 37 heavy (non-hydrogen) atoms. The molecule has 2 saturated heterocycles. The normalized spacial score (nSPS) is 17.1. The van der Waals surface area contributed by atoms with Gasteiger partial charge in [0.2, 0.25) is 5.95 Å². The Morgan fingerprint density at radius 3 is 2.54 bits per heavy atom. The summed E-state index contributed by atoms with van der Waals surface area (Å²) in [5.74, 6) is 2.29. The van der Waals surface area contributed by atoms with Crippen molar-refractivity contribution in [2.75, 3.05) is 64.2 Å². The van der Waals surface area contributed by atoms with Gasteiger partial charge >= 0.3 is 0 Å². The standard InChI is InChI=1S/C27H39N7O3/c1-4-18-16-21(32-31-18)23-24-20(29-27(30-26(24)28)34-13-8-19(35-2)9-14-34)17-22(25(23)36-3)37-15-7-12-33-10-5-6-11-33/h16-17,19H,4-15H2,1-3H3,(H,31,32)(H2,28,29,30). The lowest BCUT2D eigenvalue weighted by atomic mass is 10.0. The second-order valence-electron chi connectivity index (χ2n) is 9.89. The van der Waals surface area contributed by atoms with E-state index in [2.05, 4.69) is 26.9 Å². The van der Waals surface area contributed by atoms with Crippen molar-refractivity contribution in [2.45, 2.75) is 51.6 Å². The van der Waals surface area contributed by atoms with E-state index in [-0.39, 0.29) is 6.10 Å². The van der Waals surface area contributed by atoms with Crippen molar-refractivity contribution in [1.29, 1.82) is 0 Å². The molecule has 3 N–H and O–H groups in total. The van der Waals surface area contributed by atoms with E-state index < -0.39 is 0 Å². The average Bonchev–Trinajstić information content (AvgIpc) is 3.62. The minimum atomic E-state index is 0.276. The van der Waals surface area contributed by atoms with Crippen LogP contribution in [0.25, 0.3) is 22.2 Å². The molecule has 3 aromatic rings. The second-order valence-corrected chi connectivity index (χ2v) is 9.89. The third-order valence-corrected chi connectivity index (χ3v) is 7.53. The topological polar surface area (TPSA) is 115 Å². The molecule has 0 bridgehead atoms. The number of aromatic nitrogens is 4. The molecule has 0 saturated carbocycles. The number of hydrogen-bond acceptors (Lipinski definition) is 9. The van der Waals surface area contributed by atoms with Gasteiger partial charge in [-0.1, -0.05) is 6.92 Å². The van der Waals surface area contributed by atoms with Gasteiger partial charge in [-0.15, -0.1) is 0 Å². The van der Waals surface area contributed by atoms with Crippen LogP contribution in [0.15, 0.2) is 12.1 Å². The van der Waals surface area contributed by atoms with E-state index in [9.17, 15) is 0 Å². The smallest absolute Gasteiger partial charge is 0.227 e. The van der Waals surface area contributed by atoms with Crippen molar-refractivity contribution in [3.05, 3.63) is 17.8 Å². The number of H-pyrrole nitrogens is 1. The fraction of sp³-hybridized carbons (Fsp3) is 0.593. The van der Waals surface area contributed by atoms with E-state index in [1.54, 1.807) is 14.2 Å². The fourth-order valence-corrected chi connectivity index (χ4v) is 5.41. The first-order chi connectivity index (χ1) is 18.1.